The molecule has 1 N–H and O–H groups in total. The Morgan fingerprint density at radius 1 is 1.40 bits per heavy atom. The van der Waals surface area contributed by atoms with Gasteiger partial charge in [0.25, 0.3) is 0 Å². The number of carbonyl (C=O) groups excluding carboxylic acids is 2. The molecule has 88 valence electrons. The molecule has 15 heavy (non-hydrogen) atoms. The molecule has 0 aliphatic heterocycles. The zero-order chi connectivity index (χ0) is 11.5. The van der Waals surface area contributed by atoms with E-state index < -0.39 is 6.09 Å². The van der Waals surface area contributed by atoms with Crippen molar-refractivity contribution in [3.63, 3.8) is 0 Å². The second kappa shape index (κ2) is 9.64. The summed E-state index contributed by atoms with van der Waals surface area (Å²) in [5.74, 6) is 0.193. The van der Waals surface area contributed by atoms with E-state index in [0.717, 1.165) is 24.8 Å². The molecule has 0 unspecified atom stereocenters. The van der Waals surface area contributed by atoms with Crippen molar-refractivity contribution in [2.75, 3.05) is 19.5 Å². The van der Waals surface area contributed by atoms with Crippen LogP contribution in [0.2, 0.25) is 0 Å². The highest BCUT2D eigenvalue weighted by Crippen LogP contribution is 1.99. The number of hydrogen-bond donors (Lipinski definition) is 1. The fourth-order valence-electron chi connectivity index (χ4n) is 0.685. The number of ether oxygens (including phenoxy) is 2. The van der Waals surface area contributed by atoms with Crippen molar-refractivity contribution < 1.29 is 19.1 Å². The molecule has 0 saturated carbocycles. The number of esters is 1. The SMILES string of the molecule is CCCCOC(=O)NSCCC(=O)OC. The van der Waals surface area contributed by atoms with Crippen LogP contribution in [0.25, 0.3) is 0 Å². The van der Waals surface area contributed by atoms with Gasteiger partial charge in [-0.25, -0.2) is 4.79 Å². The minimum absolute atomic E-state index is 0.274. The molecule has 0 fully saturated rings. The number of hydrogen-bond acceptors (Lipinski definition) is 5. The average Bonchev–Trinajstić information content (AvgIpc) is 2.24. The van der Waals surface area contributed by atoms with Gasteiger partial charge in [-0.05, 0) is 18.4 Å². The second-order valence-corrected chi connectivity index (χ2v) is 3.67. The molecule has 0 radical (unpaired) electrons. The molecule has 1 amide bonds. The summed E-state index contributed by atoms with van der Waals surface area (Å²) in [5.41, 5.74) is 0. The lowest BCUT2D eigenvalue weighted by Gasteiger charge is -2.04. The molecule has 5 nitrogen and oxygen atoms in total. The van der Waals surface area contributed by atoms with Gasteiger partial charge < -0.3 is 9.47 Å². The Balaban J connectivity index is 3.27. The lowest BCUT2D eigenvalue weighted by Crippen LogP contribution is -2.19. The predicted molar refractivity (Wildman–Crippen MR) is 58.5 cm³/mol. The molecule has 0 aliphatic rings. The first-order chi connectivity index (χ1) is 7.20. The van der Waals surface area contributed by atoms with Gasteiger partial charge in [-0.1, -0.05) is 13.3 Å². The topological polar surface area (TPSA) is 64.6 Å². The summed E-state index contributed by atoms with van der Waals surface area (Å²) < 4.78 is 11.7. The largest absolute Gasteiger partial charge is 0.469 e. The van der Waals surface area contributed by atoms with Crippen molar-refractivity contribution in [1.82, 2.24) is 4.72 Å². The van der Waals surface area contributed by atoms with Crippen molar-refractivity contribution in [1.29, 1.82) is 0 Å². The average molecular weight is 235 g/mol. The van der Waals surface area contributed by atoms with Gasteiger partial charge in [-0.15, -0.1) is 0 Å². The molecule has 0 aliphatic carbocycles. The standard InChI is InChI=1S/C9H17NO4S/c1-3-4-6-14-9(12)10-15-7-5-8(11)13-2/h3-7H2,1-2H3,(H,10,12). The third-order valence-electron chi connectivity index (χ3n) is 1.52. The van der Waals surface area contributed by atoms with Crippen molar-refractivity contribution in [2.24, 2.45) is 0 Å². The van der Waals surface area contributed by atoms with E-state index >= 15 is 0 Å². The summed E-state index contributed by atoms with van der Waals surface area (Å²) in [5, 5.41) is 0. The number of amides is 1. The summed E-state index contributed by atoms with van der Waals surface area (Å²) in [6.45, 7) is 2.45. The van der Waals surface area contributed by atoms with Crippen LogP contribution in [0.3, 0.4) is 0 Å². The zero-order valence-electron chi connectivity index (χ0n) is 9.08. The van der Waals surface area contributed by atoms with E-state index in [1.54, 1.807) is 0 Å². The van der Waals surface area contributed by atoms with E-state index in [9.17, 15) is 9.59 Å². The van der Waals surface area contributed by atoms with Gasteiger partial charge >= 0.3 is 12.1 Å². The third-order valence-corrected chi connectivity index (χ3v) is 2.24. The molecule has 0 rings (SSSR count). The lowest BCUT2D eigenvalue weighted by molar-refractivity contribution is -0.140. The van der Waals surface area contributed by atoms with Crippen LogP contribution in [0, 0.1) is 0 Å². The van der Waals surface area contributed by atoms with Crippen molar-refractivity contribution >= 4 is 24.0 Å². The van der Waals surface area contributed by atoms with Gasteiger partial charge in [0.2, 0.25) is 0 Å². The Kier molecular flexibility index (Phi) is 9.05. The first-order valence-corrected chi connectivity index (χ1v) is 5.80. The van der Waals surface area contributed by atoms with E-state index in [-0.39, 0.29) is 12.4 Å². The van der Waals surface area contributed by atoms with E-state index in [2.05, 4.69) is 9.46 Å². The van der Waals surface area contributed by atoms with E-state index in [4.69, 9.17) is 4.74 Å². The fraction of sp³-hybridized carbons (Fsp3) is 0.778. The Labute approximate surface area is 94.0 Å². The number of methoxy groups -OCH3 is 1. The Bertz CT molecular complexity index is 199. The highest BCUT2D eigenvalue weighted by atomic mass is 32.2. The highest BCUT2D eigenvalue weighted by molar-refractivity contribution is 7.97. The summed E-state index contributed by atoms with van der Waals surface area (Å²) in [4.78, 5) is 21.6. The Hall–Kier alpha value is -0.910. The second-order valence-electron chi connectivity index (χ2n) is 2.77. The number of unbranched alkanes of at least 4 members (excludes halogenated alkanes) is 1. The van der Waals surface area contributed by atoms with Crippen LogP contribution in [0.5, 0.6) is 0 Å². The lowest BCUT2D eigenvalue weighted by atomic mass is 10.4. The molecule has 0 aromatic rings. The first kappa shape index (κ1) is 14.1. The van der Waals surface area contributed by atoms with Crippen LogP contribution in [-0.4, -0.2) is 31.5 Å². The van der Waals surface area contributed by atoms with E-state index in [1.165, 1.54) is 7.11 Å². The van der Waals surface area contributed by atoms with Crippen molar-refractivity contribution in [3.05, 3.63) is 0 Å². The third kappa shape index (κ3) is 9.40. The molecule has 0 spiro atoms. The minimum Gasteiger partial charge on any atom is -0.469 e. The molecule has 0 bridgehead atoms. The van der Waals surface area contributed by atoms with Gasteiger partial charge in [0.15, 0.2) is 0 Å². The summed E-state index contributed by atoms with van der Waals surface area (Å²) in [6, 6.07) is 0. The molecule has 0 aromatic heterocycles. The minimum atomic E-state index is -0.460. The van der Waals surface area contributed by atoms with Gasteiger partial charge in [0.1, 0.15) is 0 Å². The normalized spacial score (nSPS) is 9.47. The van der Waals surface area contributed by atoms with Crippen LogP contribution in [-0.2, 0) is 14.3 Å². The summed E-state index contributed by atoms with van der Waals surface area (Å²) >= 11 is 1.14. The zero-order valence-corrected chi connectivity index (χ0v) is 9.89. The fourth-order valence-corrected chi connectivity index (χ4v) is 1.23. The summed E-state index contributed by atoms with van der Waals surface area (Å²) in [7, 11) is 1.33. The number of rotatable bonds is 7. The van der Waals surface area contributed by atoms with E-state index in [0.29, 0.717) is 12.4 Å². The summed E-state index contributed by atoms with van der Waals surface area (Å²) in [6.07, 6.45) is 1.66. The molecular weight excluding hydrogens is 218 g/mol. The molecule has 0 saturated heterocycles. The van der Waals surface area contributed by atoms with Crippen LogP contribution >= 0.6 is 11.9 Å². The maximum absolute atomic E-state index is 11.0. The molecule has 0 atom stereocenters. The van der Waals surface area contributed by atoms with E-state index in [1.807, 2.05) is 6.92 Å². The number of carbonyl (C=O) groups is 2. The maximum Gasteiger partial charge on any atom is 0.417 e. The predicted octanol–water partition coefficient (Wildman–Crippen LogP) is 1.72. The molecule has 0 heterocycles. The maximum atomic E-state index is 11.0. The van der Waals surface area contributed by atoms with Gasteiger partial charge in [0, 0.05) is 5.75 Å². The quantitative estimate of drug-likeness (QED) is 0.413. The van der Waals surface area contributed by atoms with Crippen LogP contribution in [0.15, 0.2) is 0 Å². The Morgan fingerprint density at radius 2 is 2.13 bits per heavy atom. The molecule has 6 heteroatoms. The van der Waals surface area contributed by atoms with Crippen molar-refractivity contribution in [3.8, 4) is 0 Å². The van der Waals surface area contributed by atoms with Crippen LogP contribution in [0.4, 0.5) is 4.79 Å². The Morgan fingerprint density at radius 3 is 2.73 bits per heavy atom. The van der Waals surface area contributed by atoms with Crippen LogP contribution < -0.4 is 4.72 Å². The van der Waals surface area contributed by atoms with Crippen molar-refractivity contribution in [2.45, 2.75) is 26.2 Å². The van der Waals surface area contributed by atoms with Gasteiger partial charge in [-0.2, -0.15) is 0 Å². The van der Waals surface area contributed by atoms with Gasteiger partial charge in [0.05, 0.1) is 20.1 Å². The first-order valence-electron chi connectivity index (χ1n) is 4.82. The highest BCUT2D eigenvalue weighted by Gasteiger charge is 2.03. The smallest absolute Gasteiger partial charge is 0.417 e. The molecular formula is C9H17NO4S. The number of nitrogens with one attached hydrogen (secondary N) is 1. The van der Waals surface area contributed by atoms with Crippen LogP contribution in [0.1, 0.15) is 26.2 Å². The monoisotopic (exact) mass is 235 g/mol. The molecule has 0 aromatic carbocycles. The van der Waals surface area contributed by atoms with Gasteiger partial charge in [-0.3, -0.25) is 9.52 Å².